The zero-order valence-corrected chi connectivity index (χ0v) is 7.84. The summed E-state index contributed by atoms with van der Waals surface area (Å²) in [7, 11) is 0. The molecule has 1 aromatic rings. The fourth-order valence-corrected chi connectivity index (χ4v) is 1.55. The van der Waals surface area contributed by atoms with Crippen LogP contribution in [0.3, 0.4) is 0 Å². The number of tetrazole rings is 1. The van der Waals surface area contributed by atoms with Crippen LogP contribution >= 0.6 is 0 Å². The lowest BCUT2D eigenvalue weighted by Gasteiger charge is -2.12. The van der Waals surface area contributed by atoms with E-state index in [0.717, 1.165) is 0 Å². The Bertz CT molecular complexity index is 313. The van der Waals surface area contributed by atoms with Crippen molar-refractivity contribution < 1.29 is 4.79 Å². The molecule has 1 aliphatic heterocycles. The highest BCUT2D eigenvalue weighted by Crippen LogP contribution is 2.15. The molecule has 1 aliphatic rings. The number of likely N-dealkylation sites (tertiary alicyclic amines) is 1. The number of aromatic amines is 1. The van der Waals surface area contributed by atoms with Crippen LogP contribution in [0.4, 0.5) is 0 Å². The van der Waals surface area contributed by atoms with Crippen molar-refractivity contribution in [2.45, 2.75) is 13.0 Å². The van der Waals surface area contributed by atoms with Crippen molar-refractivity contribution in [1.82, 2.24) is 25.5 Å². The number of amides is 1. The third-order valence-corrected chi connectivity index (χ3v) is 2.49. The van der Waals surface area contributed by atoms with Gasteiger partial charge in [-0.2, -0.15) is 5.21 Å². The lowest BCUT2D eigenvalue weighted by molar-refractivity contribution is 0.0775. The van der Waals surface area contributed by atoms with Gasteiger partial charge in [-0.15, -0.1) is 10.2 Å². The summed E-state index contributed by atoms with van der Waals surface area (Å²) in [5.74, 6) is 0.218. The Morgan fingerprint density at radius 3 is 2.93 bits per heavy atom. The van der Waals surface area contributed by atoms with Crippen molar-refractivity contribution >= 4 is 5.91 Å². The van der Waals surface area contributed by atoms with Crippen LogP contribution < -0.4 is 5.73 Å². The number of aromatic nitrogens is 4. The summed E-state index contributed by atoms with van der Waals surface area (Å²) < 4.78 is 0. The third kappa shape index (κ3) is 1.46. The molecule has 1 fully saturated rings. The van der Waals surface area contributed by atoms with Crippen molar-refractivity contribution in [2.75, 3.05) is 13.1 Å². The molecular weight excluding hydrogens is 184 g/mol. The standard InChI is InChI=1S/C7H12N6O/c1-4-2-13(3-5(4)8)7(14)6-9-11-12-10-6/h4-5H,2-3,8H2,1H3,(H,9,10,11,12). The molecule has 7 heteroatoms. The number of hydrogen-bond acceptors (Lipinski definition) is 5. The van der Waals surface area contributed by atoms with Gasteiger partial charge in [0.2, 0.25) is 0 Å². The highest BCUT2D eigenvalue weighted by Gasteiger charge is 2.31. The zero-order valence-electron chi connectivity index (χ0n) is 7.84. The fraction of sp³-hybridized carbons (Fsp3) is 0.714. The number of carbonyl (C=O) groups excluding carboxylic acids is 1. The van der Waals surface area contributed by atoms with Crippen LogP contribution in [-0.4, -0.2) is 50.6 Å². The molecule has 2 atom stereocenters. The fourth-order valence-electron chi connectivity index (χ4n) is 1.55. The highest BCUT2D eigenvalue weighted by atomic mass is 16.2. The van der Waals surface area contributed by atoms with Crippen molar-refractivity contribution in [3.05, 3.63) is 5.82 Å². The quantitative estimate of drug-likeness (QED) is 0.576. The molecule has 14 heavy (non-hydrogen) atoms. The molecule has 1 amide bonds. The minimum absolute atomic E-state index is 0.0471. The average Bonchev–Trinajstić information content (AvgIpc) is 2.76. The van der Waals surface area contributed by atoms with Crippen LogP contribution in [0.1, 0.15) is 17.5 Å². The molecule has 1 saturated heterocycles. The summed E-state index contributed by atoms with van der Waals surface area (Å²) in [5, 5.41) is 12.8. The van der Waals surface area contributed by atoms with Crippen LogP contribution in [0.5, 0.6) is 0 Å². The predicted octanol–water partition coefficient (Wildman–Crippen LogP) is -1.38. The SMILES string of the molecule is CC1CN(C(=O)c2nn[nH]n2)CC1N. The Balaban J connectivity index is 2.07. The molecule has 0 bridgehead atoms. The summed E-state index contributed by atoms with van der Waals surface area (Å²) in [4.78, 5) is 13.3. The Morgan fingerprint density at radius 1 is 1.64 bits per heavy atom. The normalized spacial score (nSPS) is 26.9. The monoisotopic (exact) mass is 196 g/mol. The number of H-pyrrole nitrogens is 1. The summed E-state index contributed by atoms with van der Waals surface area (Å²) in [6.07, 6.45) is 0. The molecule has 2 heterocycles. The van der Waals surface area contributed by atoms with Crippen molar-refractivity contribution in [3.63, 3.8) is 0 Å². The van der Waals surface area contributed by atoms with E-state index in [1.807, 2.05) is 6.92 Å². The van der Waals surface area contributed by atoms with Gasteiger partial charge in [-0.1, -0.05) is 6.92 Å². The Kier molecular flexibility index (Phi) is 2.16. The number of hydrogen-bond donors (Lipinski definition) is 2. The van der Waals surface area contributed by atoms with E-state index in [0.29, 0.717) is 19.0 Å². The zero-order chi connectivity index (χ0) is 10.1. The molecule has 0 aliphatic carbocycles. The maximum Gasteiger partial charge on any atom is 0.295 e. The highest BCUT2D eigenvalue weighted by molar-refractivity contribution is 5.90. The lowest BCUT2D eigenvalue weighted by atomic mass is 10.1. The van der Waals surface area contributed by atoms with Crippen LogP contribution in [0.25, 0.3) is 0 Å². The molecule has 0 spiro atoms. The topological polar surface area (TPSA) is 101 Å². The van der Waals surface area contributed by atoms with Gasteiger partial charge >= 0.3 is 0 Å². The first kappa shape index (κ1) is 9.07. The van der Waals surface area contributed by atoms with E-state index in [9.17, 15) is 4.79 Å². The van der Waals surface area contributed by atoms with E-state index in [1.165, 1.54) is 0 Å². The minimum Gasteiger partial charge on any atom is -0.334 e. The smallest absolute Gasteiger partial charge is 0.295 e. The molecule has 76 valence electrons. The van der Waals surface area contributed by atoms with Gasteiger partial charge in [-0.05, 0) is 11.1 Å². The van der Waals surface area contributed by atoms with Crippen LogP contribution in [0.2, 0.25) is 0 Å². The van der Waals surface area contributed by atoms with E-state index < -0.39 is 0 Å². The maximum absolute atomic E-state index is 11.7. The third-order valence-electron chi connectivity index (χ3n) is 2.49. The first-order valence-corrected chi connectivity index (χ1v) is 4.47. The van der Waals surface area contributed by atoms with E-state index in [2.05, 4.69) is 20.6 Å². The summed E-state index contributed by atoms with van der Waals surface area (Å²) in [6, 6.07) is 0.0471. The average molecular weight is 196 g/mol. The molecular formula is C7H12N6O. The molecule has 3 N–H and O–H groups in total. The van der Waals surface area contributed by atoms with Gasteiger partial charge in [-0.25, -0.2) is 0 Å². The van der Waals surface area contributed by atoms with Crippen molar-refractivity contribution in [3.8, 4) is 0 Å². The van der Waals surface area contributed by atoms with Gasteiger partial charge in [0.25, 0.3) is 11.7 Å². The van der Waals surface area contributed by atoms with Gasteiger partial charge in [0.05, 0.1) is 0 Å². The Labute approximate surface area is 80.6 Å². The number of nitrogens with zero attached hydrogens (tertiary/aromatic N) is 4. The van der Waals surface area contributed by atoms with E-state index >= 15 is 0 Å². The number of nitrogens with two attached hydrogens (primary N) is 1. The second-order valence-electron chi connectivity index (χ2n) is 3.59. The second-order valence-corrected chi connectivity index (χ2v) is 3.59. The molecule has 1 aromatic heterocycles. The second kappa shape index (κ2) is 3.33. The van der Waals surface area contributed by atoms with Crippen LogP contribution in [-0.2, 0) is 0 Å². The van der Waals surface area contributed by atoms with E-state index in [4.69, 9.17) is 5.73 Å². The lowest BCUT2D eigenvalue weighted by Crippen LogP contribution is -2.32. The van der Waals surface area contributed by atoms with Gasteiger partial charge in [0.1, 0.15) is 0 Å². The molecule has 2 unspecified atom stereocenters. The first-order valence-electron chi connectivity index (χ1n) is 4.47. The minimum atomic E-state index is -0.210. The summed E-state index contributed by atoms with van der Waals surface area (Å²) in [6.45, 7) is 3.25. The maximum atomic E-state index is 11.7. The Morgan fingerprint density at radius 2 is 2.43 bits per heavy atom. The molecule has 7 nitrogen and oxygen atoms in total. The number of rotatable bonds is 1. The Hall–Kier alpha value is -1.50. The van der Waals surface area contributed by atoms with Crippen molar-refractivity contribution in [1.29, 1.82) is 0 Å². The molecule has 2 rings (SSSR count). The van der Waals surface area contributed by atoms with Gasteiger partial charge in [-0.3, -0.25) is 4.79 Å². The number of carbonyl (C=O) groups is 1. The largest absolute Gasteiger partial charge is 0.334 e. The molecule has 0 radical (unpaired) electrons. The predicted molar refractivity (Wildman–Crippen MR) is 47.2 cm³/mol. The van der Waals surface area contributed by atoms with E-state index in [-0.39, 0.29) is 17.8 Å². The van der Waals surface area contributed by atoms with Crippen LogP contribution in [0, 0.1) is 5.92 Å². The van der Waals surface area contributed by atoms with E-state index in [1.54, 1.807) is 4.90 Å². The summed E-state index contributed by atoms with van der Waals surface area (Å²) >= 11 is 0. The van der Waals surface area contributed by atoms with Crippen LogP contribution in [0.15, 0.2) is 0 Å². The summed E-state index contributed by atoms with van der Waals surface area (Å²) in [5.41, 5.74) is 5.80. The van der Waals surface area contributed by atoms with Gasteiger partial charge < -0.3 is 10.6 Å². The van der Waals surface area contributed by atoms with Crippen molar-refractivity contribution in [2.24, 2.45) is 11.7 Å². The molecule has 0 aromatic carbocycles. The number of nitrogens with one attached hydrogen (secondary N) is 1. The molecule has 0 saturated carbocycles. The van der Waals surface area contributed by atoms with Gasteiger partial charge in [0, 0.05) is 19.1 Å². The first-order chi connectivity index (χ1) is 6.68. The van der Waals surface area contributed by atoms with Gasteiger partial charge in [0.15, 0.2) is 0 Å².